The summed E-state index contributed by atoms with van der Waals surface area (Å²) in [5.74, 6) is -0.417. The van der Waals surface area contributed by atoms with E-state index in [0.717, 1.165) is 0 Å². The third kappa shape index (κ3) is 3.90. The highest BCUT2D eigenvalue weighted by Crippen LogP contribution is 2.16. The first kappa shape index (κ1) is 16.8. The molecule has 2 heterocycles. The number of nitrogens with zero attached hydrogens (tertiary/aromatic N) is 3. The van der Waals surface area contributed by atoms with Crippen LogP contribution in [0.1, 0.15) is 11.1 Å². The van der Waals surface area contributed by atoms with E-state index in [1.807, 2.05) is 11.0 Å². The summed E-state index contributed by atoms with van der Waals surface area (Å²) in [5, 5.41) is 8.80. The molecule has 1 aromatic carbocycles. The lowest BCUT2D eigenvalue weighted by molar-refractivity contribution is -0.153. The monoisotopic (exact) mass is 333 g/mol. The summed E-state index contributed by atoms with van der Waals surface area (Å²) in [6.45, 7) is 4.21. The fourth-order valence-corrected chi connectivity index (χ4v) is 2.97. The minimum atomic E-state index is -0.515. The van der Waals surface area contributed by atoms with Crippen LogP contribution < -0.4 is 0 Å². The van der Waals surface area contributed by atoms with E-state index in [0.29, 0.717) is 63.7 Å². The normalized spacial score (nSPS) is 22.2. The number of morpholine rings is 2. The molecule has 0 aliphatic carbocycles. The molecule has 6 nitrogen and oxygen atoms in total. The van der Waals surface area contributed by atoms with E-state index in [9.17, 15) is 9.18 Å². The topological polar surface area (TPSA) is 65.8 Å². The van der Waals surface area contributed by atoms with Crippen LogP contribution in [-0.4, -0.2) is 67.8 Å². The molecule has 0 aromatic heterocycles. The van der Waals surface area contributed by atoms with E-state index in [1.165, 1.54) is 6.07 Å². The van der Waals surface area contributed by atoms with Crippen LogP contribution in [0.2, 0.25) is 0 Å². The maximum atomic E-state index is 14.0. The van der Waals surface area contributed by atoms with Gasteiger partial charge in [0.2, 0.25) is 0 Å². The second-order valence-corrected chi connectivity index (χ2v) is 5.95. The fraction of sp³-hybridized carbons (Fsp3) is 0.529. The summed E-state index contributed by atoms with van der Waals surface area (Å²) >= 11 is 0. The van der Waals surface area contributed by atoms with E-state index in [1.54, 1.807) is 17.0 Å². The van der Waals surface area contributed by atoms with E-state index in [-0.39, 0.29) is 5.91 Å². The molecule has 1 atom stereocenters. The van der Waals surface area contributed by atoms with Crippen LogP contribution in [0.5, 0.6) is 0 Å². The van der Waals surface area contributed by atoms with Gasteiger partial charge >= 0.3 is 0 Å². The van der Waals surface area contributed by atoms with Crippen LogP contribution >= 0.6 is 0 Å². The number of amides is 1. The maximum absolute atomic E-state index is 14.0. The molecule has 3 rings (SSSR count). The van der Waals surface area contributed by atoms with Crippen molar-refractivity contribution in [3.8, 4) is 6.07 Å². The maximum Gasteiger partial charge on any atom is 0.253 e. The Labute approximate surface area is 140 Å². The summed E-state index contributed by atoms with van der Waals surface area (Å²) < 4.78 is 24.9. The Kier molecular flexibility index (Phi) is 5.41. The summed E-state index contributed by atoms with van der Waals surface area (Å²) in [6, 6.07) is 6.40. The van der Waals surface area contributed by atoms with Crippen molar-refractivity contribution in [3.05, 3.63) is 35.1 Å². The third-order valence-corrected chi connectivity index (χ3v) is 4.32. The fourth-order valence-electron chi connectivity index (χ4n) is 2.97. The lowest BCUT2D eigenvalue weighted by atomic mass is 10.1. The molecule has 7 heteroatoms. The van der Waals surface area contributed by atoms with Crippen molar-refractivity contribution in [2.75, 3.05) is 46.0 Å². The highest BCUT2D eigenvalue weighted by atomic mass is 19.1. The Balaban J connectivity index is 1.61. The molecular formula is C17H20FN3O3. The van der Waals surface area contributed by atoms with Crippen molar-refractivity contribution >= 4 is 5.91 Å². The Morgan fingerprint density at radius 1 is 1.29 bits per heavy atom. The SMILES string of the molecule is N#Cc1ccc(CN2CCOC(C(=O)N3CCOCC3)C2)c(F)c1. The molecule has 1 aromatic rings. The number of rotatable bonds is 3. The molecule has 0 spiro atoms. The van der Waals surface area contributed by atoms with Crippen molar-refractivity contribution in [1.29, 1.82) is 5.26 Å². The van der Waals surface area contributed by atoms with Crippen LogP contribution in [0.3, 0.4) is 0 Å². The van der Waals surface area contributed by atoms with Gasteiger partial charge in [0.15, 0.2) is 0 Å². The molecule has 0 bridgehead atoms. The van der Waals surface area contributed by atoms with Crippen LogP contribution in [0.15, 0.2) is 18.2 Å². The number of hydrogen-bond acceptors (Lipinski definition) is 5. The second-order valence-electron chi connectivity index (χ2n) is 5.95. The van der Waals surface area contributed by atoms with Crippen molar-refractivity contribution in [2.45, 2.75) is 12.6 Å². The average molecular weight is 333 g/mol. The van der Waals surface area contributed by atoms with Crippen LogP contribution in [-0.2, 0) is 20.8 Å². The number of carbonyl (C=O) groups is 1. The van der Waals surface area contributed by atoms with Crippen molar-refractivity contribution in [3.63, 3.8) is 0 Å². The molecule has 1 unspecified atom stereocenters. The predicted octanol–water partition coefficient (Wildman–Crippen LogP) is 0.757. The molecular weight excluding hydrogens is 313 g/mol. The van der Waals surface area contributed by atoms with Gasteiger partial charge in [-0.15, -0.1) is 0 Å². The molecule has 0 N–H and O–H groups in total. The van der Waals surface area contributed by atoms with Gasteiger partial charge in [-0.2, -0.15) is 5.26 Å². The second kappa shape index (κ2) is 7.71. The number of ether oxygens (including phenoxy) is 2. The van der Waals surface area contributed by atoms with Gasteiger partial charge < -0.3 is 14.4 Å². The zero-order chi connectivity index (χ0) is 16.9. The van der Waals surface area contributed by atoms with E-state index in [2.05, 4.69) is 0 Å². The van der Waals surface area contributed by atoms with Crippen LogP contribution in [0.25, 0.3) is 0 Å². The summed E-state index contributed by atoms with van der Waals surface area (Å²) in [4.78, 5) is 16.3. The zero-order valence-electron chi connectivity index (χ0n) is 13.4. The molecule has 2 saturated heterocycles. The van der Waals surface area contributed by atoms with Gasteiger partial charge in [0, 0.05) is 38.3 Å². The highest BCUT2D eigenvalue weighted by molar-refractivity contribution is 5.81. The first-order valence-corrected chi connectivity index (χ1v) is 8.06. The summed E-state index contributed by atoms with van der Waals surface area (Å²) in [6.07, 6.45) is -0.515. The number of hydrogen-bond donors (Lipinski definition) is 0. The number of nitriles is 1. The predicted molar refractivity (Wildman–Crippen MR) is 83.5 cm³/mol. The molecule has 2 aliphatic rings. The minimum Gasteiger partial charge on any atom is -0.378 e. The molecule has 1 amide bonds. The number of carbonyl (C=O) groups excluding carboxylic acids is 1. The first-order valence-electron chi connectivity index (χ1n) is 8.06. The largest absolute Gasteiger partial charge is 0.378 e. The van der Waals surface area contributed by atoms with Gasteiger partial charge in [-0.25, -0.2) is 4.39 Å². The highest BCUT2D eigenvalue weighted by Gasteiger charge is 2.31. The Bertz CT molecular complexity index is 640. The molecule has 128 valence electrons. The van der Waals surface area contributed by atoms with Crippen molar-refractivity contribution in [1.82, 2.24) is 9.80 Å². The minimum absolute atomic E-state index is 0.0247. The van der Waals surface area contributed by atoms with E-state index < -0.39 is 11.9 Å². The molecule has 2 fully saturated rings. The summed E-state index contributed by atoms with van der Waals surface area (Å²) in [5.41, 5.74) is 0.826. The van der Waals surface area contributed by atoms with Gasteiger partial charge in [0.1, 0.15) is 11.9 Å². The number of benzene rings is 1. The van der Waals surface area contributed by atoms with Crippen LogP contribution in [0.4, 0.5) is 4.39 Å². The average Bonchev–Trinajstić information content (AvgIpc) is 2.63. The lowest BCUT2D eigenvalue weighted by Gasteiger charge is -2.36. The van der Waals surface area contributed by atoms with E-state index >= 15 is 0 Å². The summed E-state index contributed by atoms with van der Waals surface area (Å²) in [7, 11) is 0. The zero-order valence-corrected chi connectivity index (χ0v) is 13.4. The van der Waals surface area contributed by atoms with Crippen LogP contribution in [0, 0.1) is 17.1 Å². The molecule has 0 radical (unpaired) electrons. The first-order chi connectivity index (χ1) is 11.7. The van der Waals surface area contributed by atoms with Gasteiger partial charge in [0.05, 0.1) is 31.5 Å². The lowest BCUT2D eigenvalue weighted by Crippen LogP contribution is -2.53. The van der Waals surface area contributed by atoms with Crippen molar-refractivity contribution < 1.29 is 18.7 Å². The third-order valence-electron chi connectivity index (χ3n) is 4.32. The molecule has 0 saturated carbocycles. The Hall–Kier alpha value is -2.01. The smallest absolute Gasteiger partial charge is 0.253 e. The molecule has 2 aliphatic heterocycles. The van der Waals surface area contributed by atoms with E-state index in [4.69, 9.17) is 14.7 Å². The van der Waals surface area contributed by atoms with Crippen molar-refractivity contribution in [2.24, 2.45) is 0 Å². The van der Waals surface area contributed by atoms with Gasteiger partial charge in [-0.3, -0.25) is 9.69 Å². The van der Waals surface area contributed by atoms with Gasteiger partial charge in [0.25, 0.3) is 5.91 Å². The Morgan fingerprint density at radius 3 is 2.79 bits per heavy atom. The standard InChI is InChI=1S/C17H20FN3O3/c18-15-9-13(10-19)1-2-14(15)11-20-3-8-24-16(12-20)17(22)21-4-6-23-7-5-21/h1-2,9,16H,3-8,11-12H2. The Morgan fingerprint density at radius 2 is 2.08 bits per heavy atom. The van der Waals surface area contributed by atoms with Gasteiger partial charge in [-0.05, 0) is 12.1 Å². The number of halogens is 1. The van der Waals surface area contributed by atoms with Gasteiger partial charge in [-0.1, -0.05) is 6.07 Å². The molecule has 24 heavy (non-hydrogen) atoms. The quantitative estimate of drug-likeness (QED) is 0.817.